The van der Waals surface area contributed by atoms with Gasteiger partial charge in [0.25, 0.3) is 0 Å². The van der Waals surface area contributed by atoms with Crippen LogP contribution in [0.15, 0.2) is 60.7 Å². The van der Waals surface area contributed by atoms with E-state index in [-0.39, 0.29) is 17.5 Å². The Hall–Kier alpha value is -2.72. The molecule has 1 aliphatic rings. The summed E-state index contributed by atoms with van der Waals surface area (Å²) in [6, 6.07) is 13.8. The topological polar surface area (TPSA) is 54.5 Å². The molecule has 27 heavy (non-hydrogen) atoms. The van der Waals surface area contributed by atoms with Gasteiger partial charge in [0.2, 0.25) is 5.91 Å². The summed E-state index contributed by atoms with van der Waals surface area (Å²) in [6.07, 6.45) is 3.97. The quantitative estimate of drug-likeness (QED) is 0.427. The second-order valence-corrected chi connectivity index (χ2v) is 7.29. The summed E-state index contributed by atoms with van der Waals surface area (Å²) in [7, 11) is 1.69. The number of fused-ring (bicyclic) bond motifs is 1. The van der Waals surface area contributed by atoms with Gasteiger partial charge in [0.15, 0.2) is 11.6 Å². The maximum absolute atomic E-state index is 12.9. The normalized spacial score (nSPS) is 19.4. The van der Waals surface area contributed by atoms with Crippen molar-refractivity contribution < 1.29 is 14.4 Å². The van der Waals surface area contributed by atoms with Crippen LogP contribution in [0.3, 0.4) is 0 Å². The van der Waals surface area contributed by atoms with Crippen LogP contribution in [0.2, 0.25) is 5.02 Å². The van der Waals surface area contributed by atoms with Gasteiger partial charge in [0.1, 0.15) is 5.41 Å². The minimum Gasteiger partial charge on any atom is -0.314 e. The van der Waals surface area contributed by atoms with E-state index in [1.165, 1.54) is 6.08 Å². The van der Waals surface area contributed by atoms with Crippen molar-refractivity contribution in [1.29, 1.82) is 0 Å². The van der Waals surface area contributed by atoms with Crippen LogP contribution in [0, 0.1) is 5.41 Å². The predicted octanol–water partition coefficient (Wildman–Crippen LogP) is 4.72. The molecule has 0 aliphatic carbocycles. The predicted molar refractivity (Wildman–Crippen MR) is 106 cm³/mol. The van der Waals surface area contributed by atoms with Gasteiger partial charge in [-0.1, -0.05) is 29.8 Å². The standard InChI is InChI=1S/C22H20ClNO3/c1-22(14-6-5-9-19(25)15-10-12-16(23)13-11-15)20(26)17-7-3-4-8-18(17)24(2)21(22)27/h3-5,7-13H,6,14H2,1-2H3/b9-5+. The molecule has 1 unspecified atom stereocenters. The highest BCUT2D eigenvalue weighted by Crippen LogP contribution is 2.39. The molecule has 0 N–H and O–H groups in total. The highest BCUT2D eigenvalue weighted by atomic mass is 35.5. The lowest BCUT2D eigenvalue weighted by atomic mass is 9.74. The van der Waals surface area contributed by atoms with Crippen molar-refractivity contribution in [3.63, 3.8) is 0 Å². The number of anilines is 1. The summed E-state index contributed by atoms with van der Waals surface area (Å²) >= 11 is 5.82. The van der Waals surface area contributed by atoms with Crippen molar-refractivity contribution in [2.24, 2.45) is 5.41 Å². The van der Waals surface area contributed by atoms with Crippen molar-refractivity contribution in [3.8, 4) is 0 Å². The molecule has 1 amide bonds. The van der Waals surface area contributed by atoms with Crippen LogP contribution in [0.25, 0.3) is 0 Å². The van der Waals surface area contributed by atoms with Gasteiger partial charge in [-0.05, 0) is 62.2 Å². The van der Waals surface area contributed by atoms with Crippen molar-refractivity contribution in [2.75, 3.05) is 11.9 Å². The van der Waals surface area contributed by atoms with Crippen LogP contribution in [-0.2, 0) is 4.79 Å². The Balaban J connectivity index is 1.71. The molecule has 0 saturated heterocycles. The maximum atomic E-state index is 12.9. The minimum absolute atomic E-state index is 0.138. The summed E-state index contributed by atoms with van der Waals surface area (Å²) < 4.78 is 0. The van der Waals surface area contributed by atoms with Gasteiger partial charge < -0.3 is 4.90 Å². The van der Waals surface area contributed by atoms with Crippen LogP contribution in [0.1, 0.15) is 40.5 Å². The zero-order valence-electron chi connectivity index (χ0n) is 15.2. The first-order valence-corrected chi connectivity index (χ1v) is 9.11. The molecule has 2 aromatic carbocycles. The molecule has 2 aromatic rings. The Bertz CT molecular complexity index is 933. The van der Waals surface area contributed by atoms with E-state index < -0.39 is 5.41 Å². The zero-order chi connectivity index (χ0) is 19.6. The van der Waals surface area contributed by atoms with Gasteiger partial charge in [0.05, 0.1) is 5.69 Å². The fourth-order valence-corrected chi connectivity index (χ4v) is 3.45. The molecule has 0 fully saturated rings. The van der Waals surface area contributed by atoms with Crippen LogP contribution < -0.4 is 4.90 Å². The molecule has 0 radical (unpaired) electrons. The first kappa shape index (κ1) is 19.1. The number of allylic oxidation sites excluding steroid dienone is 2. The van der Waals surface area contributed by atoms with Crippen LogP contribution in [0.4, 0.5) is 5.69 Å². The second-order valence-electron chi connectivity index (χ2n) is 6.85. The van der Waals surface area contributed by atoms with Crippen molar-refractivity contribution in [2.45, 2.75) is 19.8 Å². The lowest BCUT2D eigenvalue weighted by Gasteiger charge is -2.37. The van der Waals surface area contributed by atoms with Crippen molar-refractivity contribution >= 4 is 34.8 Å². The number of Topliss-reactive ketones (excluding diaryl/α,β-unsaturated/α-hetero) is 1. The maximum Gasteiger partial charge on any atom is 0.240 e. The number of ketones is 2. The summed E-state index contributed by atoms with van der Waals surface area (Å²) in [6.45, 7) is 1.68. The van der Waals surface area contributed by atoms with Gasteiger partial charge in [-0.2, -0.15) is 0 Å². The summed E-state index contributed by atoms with van der Waals surface area (Å²) in [4.78, 5) is 39.4. The van der Waals surface area contributed by atoms with Gasteiger partial charge in [-0.15, -0.1) is 0 Å². The molecule has 3 rings (SSSR count). The molecule has 1 atom stereocenters. The SMILES string of the molecule is CN1C(=O)C(C)(CC/C=C/C(=O)c2ccc(Cl)cc2)C(=O)c2ccccc21. The Labute approximate surface area is 163 Å². The largest absolute Gasteiger partial charge is 0.314 e. The van der Waals surface area contributed by atoms with Crippen LogP contribution in [-0.4, -0.2) is 24.5 Å². The number of hydrogen-bond donors (Lipinski definition) is 0. The number of benzene rings is 2. The van der Waals surface area contributed by atoms with Gasteiger partial charge >= 0.3 is 0 Å². The number of carbonyl (C=O) groups is 3. The molecule has 0 saturated carbocycles. The van der Waals surface area contributed by atoms with Gasteiger partial charge in [-0.25, -0.2) is 0 Å². The molecule has 1 aliphatic heterocycles. The van der Waals surface area contributed by atoms with E-state index >= 15 is 0 Å². The highest BCUT2D eigenvalue weighted by molar-refractivity contribution is 6.30. The Morgan fingerprint density at radius 1 is 1.11 bits per heavy atom. The molecule has 4 nitrogen and oxygen atoms in total. The molecule has 0 spiro atoms. The Morgan fingerprint density at radius 3 is 2.48 bits per heavy atom. The molecule has 0 bridgehead atoms. The Morgan fingerprint density at radius 2 is 1.78 bits per heavy atom. The van der Waals surface area contributed by atoms with Crippen molar-refractivity contribution in [1.82, 2.24) is 0 Å². The average molecular weight is 382 g/mol. The summed E-state index contributed by atoms with van der Waals surface area (Å²) in [5.74, 6) is -0.525. The molecular formula is C22H20ClNO3. The number of carbonyl (C=O) groups excluding carboxylic acids is 3. The first-order chi connectivity index (χ1) is 12.8. The zero-order valence-corrected chi connectivity index (χ0v) is 16.0. The smallest absolute Gasteiger partial charge is 0.240 e. The fraction of sp³-hybridized carbons (Fsp3) is 0.227. The lowest BCUT2D eigenvalue weighted by Crippen LogP contribution is -2.49. The third-order valence-electron chi connectivity index (χ3n) is 5.00. The monoisotopic (exact) mass is 381 g/mol. The summed E-state index contributed by atoms with van der Waals surface area (Å²) in [5.41, 5.74) is 0.610. The van der Waals surface area contributed by atoms with E-state index in [2.05, 4.69) is 0 Å². The van der Waals surface area contributed by atoms with Crippen molar-refractivity contribution in [3.05, 3.63) is 76.8 Å². The highest BCUT2D eigenvalue weighted by Gasteiger charge is 2.47. The van der Waals surface area contributed by atoms with Crippen LogP contribution >= 0.6 is 11.6 Å². The molecule has 138 valence electrons. The number of nitrogens with zero attached hydrogens (tertiary/aromatic N) is 1. The number of halogens is 1. The molecule has 1 heterocycles. The molecule has 5 heteroatoms. The number of rotatable bonds is 5. The average Bonchev–Trinajstić information content (AvgIpc) is 2.68. The fourth-order valence-electron chi connectivity index (χ4n) is 3.33. The van der Waals surface area contributed by atoms with E-state index in [4.69, 9.17) is 11.6 Å². The molecule has 0 aromatic heterocycles. The van der Waals surface area contributed by atoms with E-state index in [9.17, 15) is 14.4 Å². The number of para-hydroxylation sites is 1. The first-order valence-electron chi connectivity index (χ1n) is 8.73. The van der Waals surface area contributed by atoms with Crippen LogP contribution in [0.5, 0.6) is 0 Å². The minimum atomic E-state index is -1.13. The number of hydrogen-bond acceptors (Lipinski definition) is 3. The van der Waals surface area contributed by atoms with E-state index in [1.807, 2.05) is 6.07 Å². The van der Waals surface area contributed by atoms with E-state index in [0.29, 0.717) is 34.7 Å². The van der Waals surface area contributed by atoms with E-state index in [1.54, 1.807) is 67.4 Å². The van der Waals surface area contributed by atoms with E-state index in [0.717, 1.165) is 0 Å². The lowest BCUT2D eigenvalue weighted by molar-refractivity contribution is -0.125. The second kappa shape index (κ2) is 7.49. The number of amides is 1. The van der Waals surface area contributed by atoms with Gasteiger partial charge in [0, 0.05) is 23.2 Å². The Kier molecular flexibility index (Phi) is 5.29. The molecular weight excluding hydrogens is 362 g/mol. The summed E-state index contributed by atoms with van der Waals surface area (Å²) in [5, 5.41) is 0.571. The third kappa shape index (κ3) is 3.58. The van der Waals surface area contributed by atoms with Gasteiger partial charge in [-0.3, -0.25) is 14.4 Å². The third-order valence-corrected chi connectivity index (χ3v) is 5.25.